The molecule has 3 N–H and O–H groups in total. The number of nitrogens with one attached hydrogen (secondary N) is 3. The number of carbonyl (C=O) groups excluding carboxylic acids is 1. The summed E-state index contributed by atoms with van der Waals surface area (Å²) < 4.78 is 19.1. The molecule has 182 valence electrons. The van der Waals surface area contributed by atoms with Gasteiger partial charge >= 0.3 is 0 Å². The Bertz CT molecular complexity index is 1230. The second kappa shape index (κ2) is 11.1. The van der Waals surface area contributed by atoms with Crippen molar-refractivity contribution < 1.29 is 13.9 Å². The highest BCUT2D eigenvalue weighted by atomic mass is 35.5. The summed E-state index contributed by atoms with van der Waals surface area (Å²) in [6.45, 7) is 5.37. The minimum absolute atomic E-state index is 0.00929. The number of rotatable bonds is 8. The van der Waals surface area contributed by atoms with E-state index in [2.05, 4.69) is 37.4 Å². The van der Waals surface area contributed by atoms with Gasteiger partial charge in [-0.2, -0.15) is 0 Å². The summed E-state index contributed by atoms with van der Waals surface area (Å²) in [7, 11) is 1.59. The molecule has 4 rings (SSSR count). The molecule has 0 aliphatic carbocycles. The van der Waals surface area contributed by atoms with Crippen LogP contribution in [0.2, 0.25) is 5.02 Å². The Kier molecular flexibility index (Phi) is 7.67. The molecule has 1 amide bonds. The zero-order valence-electron chi connectivity index (χ0n) is 19.3. The lowest BCUT2D eigenvalue weighted by atomic mass is 10.1. The van der Waals surface area contributed by atoms with Crippen LogP contribution >= 0.6 is 11.6 Å². The predicted molar refractivity (Wildman–Crippen MR) is 138 cm³/mol. The van der Waals surface area contributed by atoms with Gasteiger partial charge in [0.2, 0.25) is 5.91 Å². The van der Waals surface area contributed by atoms with E-state index in [4.69, 9.17) is 16.3 Å². The highest BCUT2D eigenvalue weighted by Gasteiger charge is 2.19. The Labute approximate surface area is 208 Å². The predicted octanol–water partition coefficient (Wildman–Crippen LogP) is 5.88. The fourth-order valence-electron chi connectivity index (χ4n) is 3.87. The third-order valence-electron chi connectivity index (χ3n) is 5.58. The van der Waals surface area contributed by atoms with Crippen LogP contribution in [-0.4, -0.2) is 36.1 Å². The van der Waals surface area contributed by atoms with Gasteiger partial charge in [-0.25, -0.2) is 14.4 Å². The number of ether oxygens (including phenoxy) is 1. The number of nitrogens with zero attached hydrogens (tertiary/aromatic N) is 3. The standard InChI is InChI=1S/C25H26ClFN6O2/c1-3-25(34)32-19-12-20(22(35-2)13-21(19)33-9-5-4-6-10-33)31-24-14-23(28-15-29-24)30-16-7-8-18(27)17(26)11-16/h3,7-8,11-15H,1,4-6,9-10H2,2H3,(H,32,34)(H2,28,29,30,31). The Balaban J connectivity index is 1.63. The van der Waals surface area contributed by atoms with Gasteiger partial charge < -0.3 is 25.6 Å². The van der Waals surface area contributed by atoms with E-state index in [1.165, 1.54) is 31.0 Å². The van der Waals surface area contributed by atoms with Crippen LogP contribution in [0.15, 0.2) is 55.4 Å². The van der Waals surface area contributed by atoms with Crippen LogP contribution in [0.4, 0.5) is 38.8 Å². The van der Waals surface area contributed by atoms with Crippen molar-refractivity contribution in [2.45, 2.75) is 19.3 Å². The van der Waals surface area contributed by atoms with Crippen molar-refractivity contribution in [3.63, 3.8) is 0 Å². The van der Waals surface area contributed by atoms with E-state index in [9.17, 15) is 9.18 Å². The molecule has 8 nitrogen and oxygen atoms in total. The maximum absolute atomic E-state index is 13.5. The van der Waals surface area contributed by atoms with Crippen LogP contribution in [0.5, 0.6) is 5.75 Å². The smallest absolute Gasteiger partial charge is 0.247 e. The number of carbonyl (C=O) groups is 1. The number of amides is 1. The molecule has 35 heavy (non-hydrogen) atoms. The molecule has 0 bridgehead atoms. The molecular weight excluding hydrogens is 471 g/mol. The number of methoxy groups -OCH3 is 1. The fourth-order valence-corrected chi connectivity index (χ4v) is 4.05. The van der Waals surface area contributed by atoms with Gasteiger partial charge in [0.25, 0.3) is 0 Å². The van der Waals surface area contributed by atoms with Gasteiger partial charge in [0.15, 0.2) is 0 Å². The van der Waals surface area contributed by atoms with Crippen LogP contribution in [0.3, 0.4) is 0 Å². The van der Waals surface area contributed by atoms with Crippen molar-refractivity contribution in [2.75, 3.05) is 41.0 Å². The topological polar surface area (TPSA) is 91.4 Å². The highest BCUT2D eigenvalue weighted by Crippen LogP contribution is 2.39. The molecule has 1 aliphatic heterocycles. The summed E-state index contributed by atoms with van der Waals surface area (Å²) in [5.41, 5.74) is 2.73. The number of aromatic nitrogens is 2. The van der Waals surface area contributed by atoms with Gasteiger partial charge in [0, 0.05) is 30.9 Å². The average Bonchev–Trinajstić information content (AvgIpc) is 2.87. The summed E-state index contributed by atoms with van der Waals surface area (Å²) >= 11 is 5.87. The number of hydrogen-bond donors (Lipinski definition) is 3. The Morgan fingerprint density at radius 2 is 1.83 bits per heavy atom. The zero-order chi connectivity index (χ0) is 24.8. The summed E-state index contributed by atoms with van der Waals surface area (Å²) in [4.78, 5) is 22.9. The molecule has 0 radical (unpaired) electrons. The molecule has 1 aromatic heterocycles. The molecule has 0 saturated carbocycles. The van der Waals surface area contributed by atoms with Crippen molar-refractivity contribution in [3.05, 3.63) is 66.2 Å². The lowest BCUT2D eigenvalue weighted by Crippen LogP contribution is -2.30. The maximum Gasteiger partial charge on any atom is 0.247 e. The fraction of sp³-hybridized carbons (Fsp3) is 0.240. The van der Waals surface area contributed by atoms with E-state index < -0.39 is 5.82 Å². The maximum atomic E-state index is 13.5. The molecule has 3 aromatic rings. The Morgan fingerprint density at radius 3 is 2.51 bits per heavy atom. The van der Waals surface area contributed by atoms with Gasteiger partial charge in [-0.3, -0.25) is 4.79 Å². The molecule has 0 atom stereocenters. The van der Waals surface area contributed by atoms with E-state index in [0.717, 1.165) is 31.6 Å². The van der Waals surface area contributed by atoms with Crippen molar-refractivity contribution in [3.8, 4) is 5.75 Å². The molecule has 1 aliphatic rings. The molecule has 1 saturated heterocycles. The van der Waals surface area contributed by atoms with Gasteiger partial charge in [-0.05, 0) is 49.6 Å². The van der Waals surface area contributed by atoms with Gasteiger partial charge in [0.05, 0.1) is 29.2 Å². The SMILES string of the molecule is C=CC(=O)Nc1cc(Nc2cc(Nc3ccc(F)c(Cl)c3)ncn2)c(OC)cc1N1CCCCC1. The molecular formula is C25H26ClFN6O2. The minimum atomic E-state index is -0.498. The first-order valence-electron chi connectivity index (χ1n) is 11.2. The van der Waals surface area contributed by atoms with E-state index in [1.54, 1.807) is 19.2 Å². The number of piperidine rings is 1. The van der Waals surface area contributed by atoms with Gasteiger partial charge in [0.1, 0.15) is 29.5 Å². The molecule has 0 spiro atoms. The normalized spacial score (nSPS) is 13.2. The van der Waals surface area contributed by atoms with Gasteiger partial charge in [-0.15, -0.1) is 0 Å². The van der Waals surface area contributed by atoms with Crippen LogP contribution < -0.4 is 25.6 Å². The molecule has 0 unspecified atom stereocenters. The van der Waals surface area contributed by atoms with E-state index >= 15 is 0 Å². The quantitative estimate of drug-likeness (QED) is 0.335. The number of halogens is 2. The Hall–Kier alpha value is -3.85. The number of hydrogen-bond acceptors (Lipinski definition) is 7. The molecule has 2 heterocycles. The van der Waals surface area contributed by atoms with E-state index in [-0.39, 0.29) is 10.9 Å². The van der Waals surface area contributed by atoms with Crippen molar-refractivity contribution in [2.24, 2.45) is 0 Å². The number of benzene rings is 2. The van der Waals surface area contributed by atoms with Crippen molar-refractivity contribution >= 4 is 51.9 Å². The number of anilines is 6. The first-order valence-corrected chi connectivity index (χ1v) is 11.6. The highest BCUT2D eigenvalue weighted by molar-refractivity contribution is 6.31. The van der Waals surface area contributed by atoms with Crippen LogP contribution in [-0.2, 0) is 4.79 Å². The van der Waals surface area contributed by atoms with Crippen molar-refractivity contribution in [1.29, 1.82) is 0 Å². The first kappa shape index (κ1) is 24.3. The first-order chi connectivity index (χ1) is 17.0. The van der Waals surface area contributed by atoms with Crippen LogP contribution in [0, 0.1) is 5.82 Å². The van der Waals surface area contributed by atoms with Crippen LogP contribution in [0.25, 0.3) is 0 Å². The largest absolute Gasteiger partial charge is 0.494 e. The Morgan fingerprint density at radius 1 is 1.09 bits per heavy atom. The zero-order valence-corrected chi connectivity index (χ0v) is 20.0. The average molecular weight is 497 g/mol. The van der Waals surface area contributed by atoms with E-state index in [0.29, 0.717) is 34.4 Å². The third kappa shape index (κ3) is 5.99. The lowest BCUT2D eigenvalue weighted by molar-refractivity contribution is -0.111. The molecule has 2 aromatic carbocycles. The molecule has 10 heteroatoms. The van der Waals surface area contributed by atoms with E-state index in [1.807, 2.05) is 12.1 Å². The van der Waals surface area contributed by atoms with Gasteiger partial charge in [-0.1, -0.05) is 18.2 Å². The molecule has 1 fully saturated rings. The summed E-state index contributed by atoms with van der Waals surface area (Å²) in [5, 5.41) is 9.23. The third-order valence-corrected chi connectivity index (χ3v) is 5.87. The summed E-state index contributed by atoms with van der Waals surface area (Å²) in [6.07, 6.45) is 6.00. The monoisotopic (exact) mass is 496 g/mol. The second-order valence-electron chi connectivity index (χ2n) is 7.98. The second-order valence-corrected chi connectivity index (χ2v) is 8.39. The lowest BCUT2D eigenvalue weighted by Gasteiger charge is -2.31. The minimum Gasteiger partial charge on any atom is -0.494 e. The summed E-state index contributed by atoms with van der Waals surface area (Å²) in [5.74, 6) is 0.767. The summed E-state index contributed by atoms with van der Waals surface area (Å²) in [6, 6.07) is 9.73. The van der Waals surface area contributed by atoms with Crippen LogP contribution in [0.1, 0.15) is 19.3 Å². The van der Waals surface area contributed by atoms with Crippen molar-refractivity contribution in [1.82, 2.24) is 9.97 Å².